The highest BCUT2D eigenvalue weighted by molar-refractivity contribution is 7.99. The number of benzene rings is 2. The minimum atomic E-state index is -0.434. The van der Waals surface area contributed by atoms with Crippen LogP contribution in [0.5, 0.6) is 0 Å². The SMILES string of the molecule is O=C(c1cnn(-c2ccccc2)n1)N1CCSC1c1ccc([N+](=O)[O-])cc1. The van der Waals surface area contributed by atoms with Crippen LogP contribution < -0.4 is 0 Å². The molecule has 27 heavy (non-hydrogen) atoms. The monoisotopic (exact) mass is 381 g/mol. The number of hydrogen-bond donors (Lipinski definition) is 0. The molecular weight excluding hydrogens is 366 g/mol. The van der Waals surface area contributed by atoms with Crippen molar-refractivity contribution in [3.8, 4) is 5.69 Å². The molecule has 0 radical (unpaired) electrons. The van der Waals surface area contributed by atoms with Crippen LogP contribution in [0.3, 0.4) is 0 Å². The zero-order valence-corrected chi connectivity index (χ0v) is 15.0. The van der Waals surface area contributed by atoms with Crippen molar-refractivity contribution in [3.63, 3.8) is 0 Å². The van der Waals surface area contributed by atoms with E-state index in [9.17, 15) is 14.9 Å². The van der Waals surface area contributed by atoms with Gasteiger partial charge in [-0.1, -0.05) is 18.2 Å². The Morgan fingerprint density at radius 2 is 1.89 bits per heavy atom. The number of aromatic nitrogens is 3. The van der Waals surface area contributed by atoms with Gasteiger partial charge in [-0.05, 0) is 29.8 Å². The molecule has 0 saturated carbocycles. The van der Waals surface area contributed by atoms with Crippen molar-refractivity contribution in [3.05, 3.63) is 82.2 Å². The van der Waals surface area contributed by atoms with Crippen LogP contribution in [0.15, 0.2) is 60.8 Å². The number of nitro groups is 1. The molecule has 0 N–H and O–H groups in total. The van der Waals surface area contributed by atoms with Gasteiger partial charge in [0.15, 0.2) is 5.69 Å². The summed E-state index contributed by atoms with van der Waals surface area (Å²) in [6.07, 6.45) is 1.46. The topological polar surface area (TPSA) is 94.2 Å². The molecule has 3 aromatic rings. The normalized spacial score (nSPS) is 16.4. The van der Waals surface area contributed by atoms with E-state index in [-0.39, 0.29) is 22.7 Å². The number of carbonyl (C=O) groups excluding carboxylic acids is 1. The van der Waals surface area contributed by atoms with Gasteiger partial charge in [0.05, 0.1) is 16.8 Å². The minimum Gasteiger partial charge on any atom is -0.320 e. The summed E-state index contributed by atoms with van der Waals surface area (Å²) in [7, 11) is 0. The summed E-state index contributed by atoms with van der Waals surface area (Å²) < 4.78 is 0. The maximum Gasteiger partial charge on any atom is 0.277 e. The predicted octanol–water partition coefficient (Wildman–Crippen LogP) is 3.06. The van der Waals surface area contributed by atoms with Gasteiger partial charge in [-0.15, -0.1) is 16.9 Å². The Labute approximate surface area is 158 Å². The maximum atomic E-state index is 12.9. The molecule has 1 saturated heterocycles. The summed E-state index contributed by atoms with van der Waals surface area (Å²) in [5, 5.41) is 19.1. The van der Waals surface area contributed by atoms with Crippen molar-refractivity contribution < 1.29 is 9.72 Å². The van der Waals surface area contributed by atoms with Crippen molar-refractivity contribution in [2.75, 3.05) is 12.3 Å². The van der Waals surface area contributed by atoms with Gasteiger partial charge in [0.25, 0.3) is 11.6 Å². The third-order valence-electron chi connectivity index (χ3n) is 4.24. The van der Waals surface area contributed by atoms with E-state index in [4.69, 9.17) is 0 Å². The number of hydrogen-bond acceptors (Lipinski definition) is 6. The molecule has 2 heterocycles. The summed E-state index contributed by atoms with van der Waals surface area (Å²) >= 11 is 1.62. The van der Waals surface area contributed by atoms with E-state index in [1.807, 2.05) is 30.3 Å². The lowest BCUT2D eigenvalue weighted by Gasteiger charge is -2.23. The van der Waals surface area contributed by atoms with Gasteiger partial charge in [-0.2, -0.15) is 9.90 Å². The largest absolute Gasteiger partial charge is 0.320 e. The summed E-state index contributed by atoms with van der Waals surface area (Å²) in [5.41, 5.74) is 1.94. The van der Waals surface area contributed by atoms with E-state index in [0.29, 0.717) is 6.54 Å². The molecule has 136 valence electrons. The average Bonchev–Trinajstić information content (AvgIpc) is 3.38. The second-order valence-corrected chi connectivity index (χ2v) is 7.11. The van der Waals surface area contributed by atoms with Gasteiger partial charge in [0.1, 0.15) is 5.37 Å². The zero-order chi connectivity index (χ0) is 18.8. The van der Waals surface area contributed by atoms with Gasteiger partial charge in [-0.3, -0.25) is 14.9 Å². The van der Waals surface area contributed by atoms with Crippen LogP contribution in [-0.2, 0) is 0 Å². The van der Waals surface area contributed by atoms with Gasteiger partial charge in [0, 0.05) is 24.4 Å². The van der Waals surface area contributed by atoms with Crippen LogP contribution in [0.4, 0.5) is 5.69 Å². The number of para-hydroxylation sites is 1. The molecular formula is C18H15N5O3S. The maximum absolute atomic E-state index is 12.9. The molecule has 1 aliphatic heterocycles. The molecule has 1 fully saturated rings. The Kier molecular flexibility index (Phi) is 4.59. The molecule has 0 spiro atoms. The molecule has 1 aliphatic rings. The van der Waals surface area contributed by atoms with Crippen molar-refractivity contribution in [1.82, 2.24) is 19.9 Å². The number of amides is 1. The molecule has 1 unspecified atom stereocenters. The Balaban J connectivity index is 1.56. The number of carbonyl (C=O) groups is 1. The Morgan fingerprint density at radius 3 is 2.59 bits per heavy atom. The molecule has 0 bridgehead atoms. The highest BCUT2D eigenvalue weighted by atomic mass is 32.2. The highest BCUT2D eigenvalue weighted by Gasteiger charge is 2.32. The quantitative estimate of drug-likeness (QED) is 0.509. The number of rotatable bonds is 4. The molecule has 9 heteroatoms. The van der Waals surface area contributed by atoms with E-state index in [1.165, 1.54) is 23.1 Å². The fourth-order valence-electron chi connectivity index (χ4n) is 2.91. The smallest absolute Gasteiger partial charge is 0.277 e. The van der Waals surface area contributed by atoms with Crippen LogP contribution in [0, 0.1) is 10.1 Å². The van der Waals surface area contributed by atoms with Gasteiger partial charge < -0.3 is 4.90 Å². The van der Waals surface area contributed by atoms with E-state index in [2.05, 4.69) is 10.2 Å². The van der Waals surface area contributed by atoms with E-state index >= 15 is 0 Å². The molecule has 8 nitrogen and oxygen atoms in total. The molecule has 1 aromatic heterocycles. The van der Waals surface area contributed by atoms with Crippen molar-refractivity contribution in [1.29, 1.82) is 0 Å². The van der Waals surface area contributed by atoms with Gasteiger partial charge in [0.2, 0.25) is 0 Å². The lowest BCUT2D eigenvalue weighted by Crippen LogP contribution is -2.30. The molecule has 1 amide bonds. The lowest BCUT2D eigenvalue weighted by atomic mass is 10.2. The van der Waals surface area contributed by atoms with Crippen LogP contribution in [0.25, 0.3) is 5.69 Å². The second kappa shape index (κ2) is 7.20. The first-order valence-corrected chi connectivity index (χ1v) is 9.33. The number of thioether (sulfide) groups is 1. The van der Waals surface area contributed by atoms with E-state index < -0.39 is 4.92 Å². The third kappa shape index (κ3) is 3.41. The van der Waals surface area contributed by atoms with E-state index in [1.54, 1.807) is 28.8 Å². The highest BCUT2D eigenvalue weighted by Crippen LogP contribution is 2.39. The Bertz CT molecular complexity index is 974. The molecule has 2 aromatic carbocycles. The first-order chi connectivity index (χ1) is 13.1. The van der Waals surface area contributed by atoms with Crippen molar-refractivity contribution >= 4 is 23.4 Å². The first-order valence-electron chi connectivity index (χ1n) is 8.28. The fraction of sp³-hybridized carbons (Fsp3) is 0.167. The Morgan fingerprint density at radius 1 is 1.15 bits per heavy atom. The lowest BCUT2D eigenvalue weighted by molar-refractivity contribution is -0.384. The van der Waals surface area contributed by atoms with E-state index in [0.717, 1.165) is 17.0 Å². The fourth-order valence-corrected chi connectivity index (χ4v) is 4.16. The van der Waals surface area contributed by atoms with Crippen LogP contribution in [0.2, 0.25) is 0 Å². The average molecular weight is 381 g/mol. The molecule has 1 atom stereocenters. The number of non-ortho nitro benzene ring substituents is 1. The van der Waals surface area contributed by atoms with Crippen LogP contribution in [-0.4, -0.2) is 43.0 Å². The minimum absolute atomic E-state index is 0.0328. The standard InChI is InChI=1S/C18H15N5O3S/c24-17(16-12-19-22(20-16)14-4-2-1-3-5-14)21-10-11-27-18(21)13-6-8-15(9-7-13)23(25)26/h1-9,12,18H,10-11H2. The van der Waals surface area contributed by atoms with Gasteiger partial charge >= 0.3 is 0 Å². The summed E-state index contributed by atoms with van der Waals surface area (Å²) in [6, 6.07) is 15.7. The summed E-state index contributed by atoms with van der Waals surface area (Å²) in [5.74, 6) is 0.589. The summed E-state index contributed by atoms with van der Waals surface area (Å²) in [6.45, 7) is 0.587. The van der Waals surface area contributed by atoms with Crippen LogP contribution in [0.1, 0.15) is 21.4 Å². The van der Waals surface area contributed by atoms with Crippen LogP contribution >= 0.6 is 11.8 Å². The third-order valence-corrected chi connectivity index (χ3v) is 5.50. The first kappa shape index (κ1) is 17.2. The predicted molar refractivity (Wildman–Crippen MR) is 101 cm³/mol. The molecule has 4 rings (SSSR count). The number of nitro benzene ring substituents is 1. The van der Waals surface area contributed by atoms with Gasteiger partial charge in [-0.25, -0.2) is 0 Å². The summed E-state index contributed by atoms with van der Waals surface area (Å²) in [4.78, 5) is 26.5. The number of nitrogens with zero attached hydrogens (tertiary/aromatic N) is 5. The Hall–Kier alpha value is -3.20. The van der Waals surface area contributed by atoms with Crippen molar-refractivity contribution in [2.24, 2.45) is 0 Å². The second-order valence-electron chi connectivity index (χ2n) is 5.93. The van der Waals surface area contributed by atoms with Crippen molar-refractivity contribution in [2.45, 2.75) is 5.37 Å². The zero-order valence-electron chi connectivity index (χ0n) is 14.1. The molecule has 0 aliphatic carbocycles.